The van der Waals surface area contributed by atoms with Gasteiger partial charge in [0.15, 0.2) is 5.13 Å². The van der Waals surface area contributed by atoms with Crippen LogP contribution < -0.4 is 14.4 Å². The Balaban J connectivity index is 1.62. The summed E-state index contributed by atoms with van der Waals surface area (Å²) in [5.41, 5.74) is 0.983. The van der Waals surface area contributed by atoms with Gasteiger partial charge >= 0.3 is 5.91 Å². The Morgan fingerprint density at radius 1 is 1.06 bits per heavy atom. The number of ketones is 1. The van der Waals surface area contributed by atoms with Crippen LogP contribution in [0, 0.1) is 0 Å². The zero-order valence-electron chi connectivity index (χ0n) is 19.1. The summed E-state index contributed by atoms with van der Waals surface area (Å²) < 4.78 is 17.4. The normalized spacial score (nSPS) is 17.3. The summed E-state index contributed by atoms with van der Waals surface area (Å²) in [7, 11) is 0. The molecule has 0 bridgehead atoms. The minimum Gasteiger partial charge on any atom is -0.507 e. The van der Waals surface area contributed by atoms with Gasteiger partial charge in [-0.1, -0.05) is 11.3 Å². The number of aliphatic hydroxyl groups excluding tert-OH is 1. The van der Waals surface area contributed by atoms with Crippen molar-refractivity contribution in [1.82, 2.24) is 4.98 Å². The summed E-state index contributed by atoms with van der Waals surface area (Å²) in [6.07, 6.45) is 1.46. The van der Waals surface area contributed by atoms with E-state index >= 15 is 0 Å². The third kappa shape index (κ3) is 4.04. The van der Waals surface area contributed by atoms with E-state index in [1.54, 1.807) is 48.5 Å². The molecule has 0 aliphatic carbocycles. The molecule has 1 N–H and O–H groups in total. The predicted molar refractivity (Wildman–Crippen MR) is 132 cm³/mol. The summed E-state index contributed by atoms with van der Waals surface area (Å²) in [5, 5.41) is 11.5. The van der Waals surface area contributed by atoms with Crippen molar-refractivity contribution < 1.29 is 28.6 Å². The SMILES string of the molecule is CCOc1ccc(C(O)=C2C(=O)C(=O)N(c3nc4ccc(OCC)cc4s3)C2c2ccco2)cc1. The Labute approximate surface area is 205 Å². The first-order chi connectivity index (χ1) is 17.0. The number of furan rings is 1. The highest BCUT2D eigenvalue weighted by Gasteiger charge is 2.49. The van der Waals surface area contributed by atoms with Gasteiger partial charge in [0, 0.05) is 5.56 Å². The number of aliphatic hydroxyl groups is 1. The fourth-order valence-corrected chi connectivity index (χ4v) is 5.05. The molecular formula is C26H22N2O6S. The van der Waals surface area contributed by atoms with Crippen LogP contribution in [0.3, 0.4) is 0 Å². The Morgan fingerprint density at radius 2 is 1.77 bits per heavy atom. The van der Waals surface area contributed by atoms with Gasteiger partial charge in [-0.05, 0) is 68.4 Å². The van der Waals surface area contributed by atoms with Crippen LogP contribution in [0.2, 0.25) is 0 Å². The molecule has 8 nitrogen and oxygen atoms in total. The van der Waals surface area contributed by atoms with Crippen molar-refractivity contribution in [3.63, 3.8) is 0 Å². The van der Waals surface area contributed by atoms with Crippen molar-refractivity contribution in [2.24, 2.45) is 0 Å². The first-order valence-electron chi connectivity index (χ1n) is 11.1. The molecule has 3 heterocycles. The average molecular weight is 491 g/mol. The summed E-state index contributed by atoms with van der Waals surface area (Å²) >= 11 is 1.26. The van der Waals surface area contributed by atoms with Crippen molar-refractivity contribution >= 4 is 44.1 Å². The van der Waals surface area contributed by atoms with Crippen LogP contribution in [-0.2, 0) is 9.59 Å². The smallest absolute Gasteiger partial charge is 0.302 e. The maximum atomic E-state index is 13.3. The summed E-state index contributed by atoms with van der Waals surface area (Å²) in [6.45, 7) is 4.80. The lowest BCUT2D eigenvalue weighted by molar-refractivity contribution is -0.132. The first-order valence-corrected chi connectivity index (χ1v) is 11.9. The second-order valence-electron chi connectivity index (χ2n) is 7.70. The molecule has 9 heteroatoms. The molecule has 1 fully saturated rings. The number of nitrogens with zero attached hydrogens (tertiary/aromatic N) is 2. The highest BCUT2D eigenvalue weighted by molar-refractivity contribution is 7.22. The quantitative estimate of drug-likeness (QED) is 0.213. The number of carbonyl (C=O) groups is 2. The van der Waals surface area contributed by atoms with E-state index < -0.39 is 17.7 Å². The number of benzene rings is 2. The molecule has 1 amide bonds. The maximum Gasteiger partial charge on any atom is 0.302 e. The lowest BCUT2D eigenvalue weighted by Crippen LogP contribution is -2.29. The van der Waals surface area contributed by atoms with Gasteiger partial charge in [0.25, 0.3) is 5.78 Å². The van der Waals surface area contributed by atoms with E-state index in [4.69, 9.17) is 13.9 Å². The van der Waals surface area contributed by atoms with Gasteiger partial charge in [-0.15, -0.1) is 0 Å². The molecule has 1 atom stereocenters. The second kappa shape index (κ2) is 9.27. The van der Waals surface area contributed by atoms with Crippen LogP contribution in [0.1, 0.15) is 31.2 Å². The fourth-order valence-electron chi connectivity index (χ4n) is 4.03. The molecule has 1 saturated heterocycles. The van der Waals surface area contributed by atoms with E-state index in [1.807, 2.05) is 19.9 Å². The molecule has 2 aromatic carbocycles. The first kappa shape index (κ1) is 22.7. The van der Waals surface area contributed by atoms with Crippen LogP contribution in [-0.4, -0.2) is 35.0 Å². The van der Waals surface area contributed by atoms with Gasteiger partial charge in [-0.2, -0.15) is 0 Å². The molecule has 1 unspecified atom stereocenters. The molecule has 0 spiro atoms. The number of hydrogen-bond acceptors (Lipinski definition) is 8. The van der Waals surface area contributed by atoms with Gasteiger partial charge < -0.3 is 19.0 Å². The van der Waals surface area contributed by atoms with Crippen LogP contribution in [0.15, 0.2) is 70.9 Å². The van der Waals surface area contributed by atoms with Crippen LogP contribution in [0.4, 0.5) is 5.13 Å². The van der Waals surface area contributed by atoms with Crippen molar-refractivity contribution in [3.8, 4) is 11.5 Å². The molecule has 1 aliphatic heterocycles. The summed E-state index contributed by atoms with van der Waals surface area (Å²) in [6, 6.07) is 14.5. The topological polar surface area (TPSA) is 102 Å². The van der Waals surface area contributed by atoms with Crippen LogP contribution in [0.25, 0.3) is 16.0 Å². The number of rotatable bonds is 7. The van der Waals surface area contributed by atoms with E-state index in [-0.39, 0.29) is 11.3 Å². The number of fused-ring (bicyclic) bond motifs is 1. The molecule has 0 radical (unpaired) electrons. The Bertz CT molecular complexity index is 1420. The van der Waals surface area contributed by atoms with Gasteiger partial charge in [0.05, 0.1) is 35.3 Å². The molecular weight excluding hydrogens is 468 g/mol. The summed E-state index contributed by atoms with van der Waals surface area (Å²) in [4.78, 5) is 32.3. The molecule has 2 aromatic heterocycles. The van der Waals surface area contributed by atoms with Crippen LogP contribution >= 0.6 is 11.3 Å². The third-order valence-corrected chi connectivity index (χ3v) is 6.58. The zero-order valence-corrected chi connectivity index (χ0v) is 19.9. The van der Waals surface area contributed by atoms with E-state index in [0.717, 1.165) is 4.70 Å². The highest BCUT2D eigenvalue weighted by Crippen LogP contribution is 2.44. The summed E-state index contributed by atoms with van der Waals surface area (Å²) in [5.74, 6) is -0.237. The minimum atomic E-state index is -0.969. The lowest BCUT2D eigenvalue weighted by Gasteiger charge is -2.20. The Hall–Kier alpha value is -4.11. The monoisotopic (exact) mass is 490 g/mol. The number of Topliss-reactive ketones (excluding diaryl/α,β-unsaturated/α-hetero) is 1. The minimum absolute atomic E-state index is 0.0663. The number of thiazole rings is 1. The number of ether oxygens (including phenoxy) is 2. The van der Waals surface area contributed by atoms with E-state index in [9.17, 15) is 14.7 Å². The van der Waals surface area contributed by atoms with E-state index in [1.165, 1.54) is 22.5 Å². The molecule has 0 saturated carbocycles. The highest BCUT2D eigenvalue weighted by atomic mass is 32.1. The molecule has 5 rings (SSSR count). The lowest BCUT2D eigenvalue weighted by atomic mass is 9.99. The van der Waals surface area contributed by atoms with E-state index in [0.29, 0.717) is 46.7 Å². The Morgan fingerprint density at radius 3 is 2.46 bits per heavy atom. The molecule has 178 valence electrons. The Kier molecular flexibility index (Phi) is 6.00. The fraction of sp³-hybridized carbons (Fsp3) is 0.192. The number of aromatic nitrogens is 1. The number of carbonyl (C=O) groups excluding carboxylic acids is 2. The van der Waals surface area contributed by atoms with Crippen molar-refractivity contribution in [2.45, 2.75) is 19.9 Å². The van der Waals surface area contributed by atoms with Crippen molar-refractivity contribution in [1.29, 1.82) is 0 Å². The molecule has 4 aromatic rings. The number of anilines is 1. The van der Waals surface area contributed by atoms with Gasteiger partial charge in [-0.25, -0.2) is 4.98 Å². The van der Waals surface area contributed by atoms with E-state index in [2.05, 4.69) is 4.98 Å². The molecule has 1 aliphatic rings. The predicted octanol–water partition coefficient (Wildman–Crippen LogP) is 5.31. The van der Waals surface area contributed by atoms with Gasteiger partial charge in [-0.3, -0.25) is 14.5 Å². The zero-order chi connectivity index (χ0) is 24.5. The number of amides is 1. The van der Waals surface area contributed by atoms with Crippen molar-refractivity contribution in [2.75, 3.05) is 18.1 Å². The number of hydrogen-bond donors (Lipinski definition) is 1. The second-order valence-corrected chi connectivity index (χ2v) is 8.71. The average Bonchev–Trinajstić information content (AvgIpc) is 3.58. The third-order valence-electron chi connectivity index (χ3n) is 5.56. The standard InChI is InChI=1S/C26H22N2O6S/c1-3-32-16-9-7-15(8-10-16)23(29)21-22(19-6-5-13-34-19)28(25(31)24(21)30)26-27-18-12-11-17(33-4-2)14-20(18)35-26/h5-14,22,29H,3-4H2,1-2H3. The van der Waals surface area contributed by atoms with Gasteiger partial charge in [0.1, 0.15) is 29.1 Å². The van der Waals surface area contributed by atoms with Crippen LogP contribution in [0.5, 0.6) is 11.5 Å². The largest absolute Gasteiger partial charge is 0.507 e. The molecule has 35 heavy (non-hydrogen) atoms. The van der Waals surface area contributed by atoms with Gasteiger partial charge in [0.2, 0.25) is 0 Å². The van der Waals surface area contributed by atoms with Crippen molar-refractivity contribution in [3.05, 3.63) is 77.8 Å². The maximum absolute atomic E-state index is 13.3.